The highest BCUT2D eigenvalue weighted by atomic mass is 32.2. The Bertz CT molecular complexity index is 1260. The molecule has 9 heteroatoms. The first kappa shape index (κ1) is 26.5. The molecule has 0 radical (unpaired) electrons. The summed E-state index contributed by atoms with van der Waals surface area (Å²) in [4.78, 5) is 3.09. The summed E-state index contributed by atoms with van der Waals surface area (Å²) in [6.45, 7) is 5.23. The molecule has 0 saturated carbocycles. The van der Waals surface area contributed by atoms with Crippen LogP contribution in [0, 0.1) is 0 Å². The number of aliphatic hydroxyl groups excluding tert-OH is 2. The average Bonchev–Trinajstić information content (AvgIpc) is 3.38. The Balaban J connectivity index is 1.65. The molecule has 1 aliphatic rings. The number of benzene rings is 2. The largest absolute Gasteiger partial charge is 0.494 e. The van der Waals surface area contributed by atoms with Crippen molar-refractivity contribution < 1.29 is 28.6 Å². The number of alkyl halides is 1. The van der Waals surface area contributed by atoms with Crippen molar-refractivity contribution in [1.29, 1.82) is 0 Å². The first-order valence-corrected chi connectivity index (χ1v) is 13.7. The van der Waals surface area contributed by atoms with Gasteiger partial charge in [-0.15, -0.1) is 0 Å². The predicted molar refractivity (Wildman–Crippen MR) is 145 cm³/mol. The third kappa shape index (κ3) is 6.03. The number of ether oxygens (including phenoxy) is 2. The van der Waals surface area contributed by atoms with Crippen LogP contribution in [-0.4, -0.2) is 49.9 Å². The number of aliphatic hydroxyl groups is 2. The second kappa shape index (κ2) is 12.6. The number of hydrogen-bond acceptors (Lipinski definition) is 7. The maximum absolute atomic E-state index is 13.5. The molecule has 0 fully saturated rings. The fourth-order valence-electron chi connectivity index (χ4n) is 4.02. The SMILES string of the molecule is CCCOc1ccc2c(c1)N(CC[18F])/C(=C/C(C)=C/c1sc3ccc(OCCO)cc3[n+]1CCO)S2. The zero-order valence-electron chi connectivity index (χ0n) is 20.6. The number of rotatable bonds is 12. The van der Waals surface area contributed by atoms with Crippen LogP contribution in [0.25, 0.3) is 16.3 Å². The van der Waals surface area contributed by atoms with Gasteiger partial charge in [-0.1, -0.05) is 30.0 Å². The van der Waals surface area contributed by atoms with Crippen molar-refractivity contribution in [1.82, 2.24) is 0 Å². The topological polar surface area (TPSA) is 66.0 Å². The zero-order chi connectivity index (χ0) is 25.5. The summed E-state index contributed by atoms with van der Waals surface area (Å²) >= 11 is 3.26. The molecule has 0 atom stereocenters. The van der Waals surface area contributed by atoms with Gasteiger partial charge in [-0.05, 0) is 49.3 Å². The van der Waals surface area contributed by atoms with Gasteiger partial charge in [-0.3, -0.25) is 0 Å². The molecule has 0 spiro atoms. The van der Waals surface area contributed by atoms with Crippen molar-refractivity contribution in [2.75, 3.05) is 44.5 Å². The number of thiazole rings is 1. The lowest BCUT2D eigenvalue weighted by molar-refractivity contribution is -0.670. The van der Waals surface area contributed by atoms with E-state index in [1.807, 2.05) is 48.2 Å². The summed E-state index contributed by atoms with van der Waals surface area (Å²) in [7, 11) is 0. The van der Waals surface area contributed by atoms with E-state index in [2.05, 4.69) is 23.6 Å². The van der Waals surface area contributed by atoms with Crippen LogP contribution in [0.3, 0.4) is 0 Å². The molecule has 1 aliphatic heterocycles. The monoisotopic (exact) mass is 530 g/mol. The number of aromatic nitrogens is 1. The van der Waals surface area contributed by atoms with Crippen LogP contribution in [0.5, 0.6) is 11.5 Å². The van der Waals surface area contributed by atoms with Gasteiger partial charge in [0, 0.05) is 17.0 Å². The number of halogens is 1. The molecule has 0 unspecified atom stereocenters. The second-order valence-electron chi connectivity index (χ2n) is 8.31. The Morgan fingerprint density at radius 3 is 2.61 bits per heavy atom. The Morgan fingerprint density at radius 1 is 1.08 bits per heavy atom. The minimum absolute atomic E-state index is 0.0110. The van der Waals surface area contributed by atoms with Crippen LogP contribution >= 0.6 is 23.1 Å². The molecule has 0 bridgehead atoms. The smallest absolute Gasteiger partial charge is 0.263 e. The van der Waals surface area contributed by atoms with Crippen molar-refractivity contribution in [3.63, 3.8) is 0 Å². The molecule has 2 aromatic carbocycles. The maximum atomic E-state index is 13.5. The molecule has 1 aromatic heterocycles. The standard InChI is InChI=1S/C27H32FN2O4S2/c1-3-13-33-20-4-6-24-22(17-20)29(9-8-28)26(35-24)15-19(2)16-27-30(10-11-31)23-18-21(34-14-12-32)5-7-25(23)36-27/h4-7,15-18,31-32H,3,8-14H2,1-2H3/q+1/i28-1. The number of hydrogen-bond donors (Lipinski definition) is 2. The van der Waals surface area contributed by atoms with Gasteiger partial charge in [0.1, 0.15) is 36.1 Å². The fourth-order valence-corrected chi connectivity index (χ4v) is 6.38. The summed E-state index contributed by atoms with van der Waals surface area (Å²) in [5.41, 5.74) is 2.96. The fraction of sp³-hybridized carbons (Fsp3) is 0.370. The number of fused-ring (bicyclic) bond motifs is 2. The quantitative estimate of drug-likeness (QED) is 0.315. The molecule has 0 amide bonds. The van der Waals surface area contributed by atoms with E-state index in [0.29, 0.717) is 18.9 Å². The maximum Gasteiger partial charge on any atom is 0.263 e. The molecule has 4 rings (SSSR count). The lowest BCUT2D eigenvalue weighted by Crippen LogP contribution is -2.36. The highest BCUT2D eigenvalue weighted by molar-refractivity contribution is 8.03. The van der Waals surface area contributed by atoms with Crippen molar-refractivity contribution in [3.8, 4) is 11.5 Å². The Kier molecular flexibility index (Phi) is 9.25. The number of allylic oxidation sites excluding steroid dienone is 2. The minimum Gasteiger partial charge on any atom is -0.494 e. The van der Waals surface area contributed by atoms with E-state index in [9.17, 15) is 9.50 Å². The predicted octanol–water partition coefficient (Wildman–Crippen LogP) is 5.17. The van der Waals surface area contributed by atoms with Crippen molar-refractivity contribution in [2.24, 2.45) is 0 Å². The van der Waals surface area contributed by atoms with Gasteiger partial charge in [0.25, 0.3) is 5.01 Å². The summed E-state index contributed by atoms with van der Waals surface area (Å²) in [5, 5.41) is 20.7. The Labute approximate surface area is 219 Å². The highest BCUT2D eigenvalue weighted by Crippen LogP contribution is 2.47. The van der Waals surface area contributed by atoms with E-state index in [4.69, 9.17) is 14.6 Å². The third-order valence-corrected chi connectivity index (χ3v) is 7.80. The second-order valence-corrected chi connectivity index (χ2v) is 10.4. The van der Waals surface area contributed by atoms with Gasteiger partial charge < -0.3 is 24.6 Å². The first-order valence-electron chi connectivity index (χ1n) is 12.1. The average molecular weight is 531 g/mol. The van der Waals surface area contributed by atoms with Crippen LogP contribution in [0.4, 0.5) is 10.1 Å². The number of thioether (sulfide) groups is 1. The van der Waals surface area contributed by atoms with Gasteiger partial charge in [-0.2, -0.15) is 4.57 Å². The summed E-state index contributed by atoms with van der Waals surface area (Å²) in [5.74, 6) is 1.48. The summed E-state index contributed by atoms with van der Waals surface area (Å²) < 4.78 is 28.0. The molecule has 2 heterocycles. The highest BCUT2D eigenvalue weighted by Gasteiger charge is 2.26. The Hall–Kier alpha value is -2.59. The molecule has 2 N–H and O–H groups in total. The van der Waals surface area contributed by atoms with Gasteiger partial charge >= 0.3 is 0 Å². The molecule has 6 nitrogen and oxygen atoms in total. The van der Waals surface area contributed by atoms with E-state index in [-0.39, 0.29) is 26.4 Å². The van der Waals surface area contributed by atoms with E-state index in [1.54, 1.807) is 23.1 Å². The van der Waals surface area contributed by atoms with E-state index < -0.39 is 6.67 Å². The number of anilines is 1. The summed E-state index contributed by atoms with van der Waals surface area (Å²) in [6.07, 6.45) is 5.10. The van der Waals surface area contributed by atoms with E-state index in [1.165, 1.54) is 0 Å². The molecule has 0 aliphatic carbocycles. The lowest BCUT2D eigenvalue weighted by atomic mass is 10.2. The van der Waals surface area contributed by atoms with Crippen LogP contribution in [-0.2, 0) is 6.54 Å². The molecular formula is C27H32FN2O4S2+. The van der Waals surface area contributed by atoms with Crippen LogP contribution in [0.2, 0.25) is 0 Å². The van der Waals surface area contributed by atoms with Gasteiger partial charge in [0.15, 0.2) is 6.54 Å². The van der Waals surface area contributed by atoms with Crippen molar-refractivity contribution >= 4 is 45.1 Å². The van der Waals surface area contributed by atoms with Crippen molar-refractivity contribution in [3.05, 3.63) is 58.1 Å². The Morgan fingerprint density at radius 2 is 1.86 bits per heavy atom. The number of nitrogens with zero attached hydrogens (tertiary/aromatic N) is 2. The minimum atomic E-state index is -0.451. The van der Waals surface area contributed by atoms with E-state index >= 15 is 0 Å². The molecule has 36 heavy (non-hydrogen) atoms. The lowest BCUT2D eigenvalue weighted by Gasteiger charge is -2.19. The molecule has 3 aromatic rings. The normalized spacial score (nSPS) is 14.6. The molecule has 0 saturated heterocycles. The van der Waals surface area contributed by atoms with Gasteiger partial charge in [-0.25, -0.2) is 4.39 Å². The molecular weight excluding hydrogens is 498 g/mol. The summed E-state index contributed by atoms with van der Waals surface area (Å²) in [6, 6.07) is 11.8. The first-order chi connectivity index (χ1) is 17.6. The van der Waals surface area contributed by atoms with Gasteiger partial charge in [0.05, 0.1) is 36.5 Å². The van der Waals surface area contributed by atoms with E-state index in [0.717, 1.165) is 48.6 Å². The van der Waals surface area contributed by atoms with Crippen LogP contribution < -0.4 is 18.9 Å². The third-order valence-electron chi connectivity index (χ3n) is 5.57. The van der Waals surface area contributed by atoms with Crippen molar-refractivity contribution in [2.45, 2.75) is 31.7 Å². The van der Waals surface area contributed by atoms with Crippen LogP contribution in [0.15, 0.2) is 58.0 Å². The zero-order valence-corrected chi connectivity index (χ0v) is 22.2. The van der Waals surface area contributed by atoms with Crippen LogP contribution in [0.1, 0.15) is 25.3 Å². The van der Waals surface area contributed by atoms with Gasteiger partial charge in [0.2, 0.25) is 5.52 Å². The molecule has 192 valence electrons.